The first kappa shape index (κ1) is 6.62. The standard InChI is InChI=1S/C8H16N2/c1-2-7-6-9-4-5-10-8(7)3-1/h7-10H,1-6H2. The highest BCUT2D eigenvalue weighted by molar-refractivity contribution is 4.86. The van der Waals surface area contributed by atoms with Crippen molar-refractivity contribution in [3.63, 3.8) is 0 Å². The van der Waals surface area contributed by atoms with Crippen LogP contribution in [0.15, 0.2) is 0 Å². The van der Waals surface area contributed by atoms with Crippen molar-refractivity contribution < 1.29 is 0 Å². The molecule has 2 rings (SSSR count). The van der Waals surface area contributed by atoms with Crippen molar-refractivity contribution >= 4 is 0 Å². The highest BCUT2D eigenvalue weighted by Crippen LogP contribution is 2.25. The highest BCUT2D eigenvalue weighted by atomic mass is 15.0. The summed E-state index contributed by atoms with van der Waals surface area (Å²) in [5, 5.41) is 7.04. The van der Waals surface area contributed by atoms with Crippen LogP contribution in [0.5, 0.6) is 0 Å². The third kappa shape index (κ3) is 1.18. The maximum absolute atomic E-state index is 3.58. The molecule has 1 aliphatic heterocycles. The minimum atomic E-state index is 0.843. The van der Waals surface area contributed by atoms with Crippen LogP contribution in [-0.4, -0.2) is 25.7 Å². The Morgan fingerprint density at radius 1 is 1.10 bits per heavy atom. The van der Waals surface area contributed by atoms with Crippen molar-refractivity contribution in [1.29, 1.82) is 0 Å². The van der Waals surface area contributed by atoms with Crippen LogP contribution in [-0.2, 0) is 0 Å². The molecule has 1 heterocycles. The second-order valence-corrected chi connectivity index (χ2v) is 3.46. The molecule has 1 saturated carbocycles. The smallest absolute Gasteiger partial charge is 0.0108 e. The van der Waals surface area contributed by atoms with Gasteiger partial charge in [0.2, 0.25) is 0 Å². The lowest BCUT2D eigenvalue weighted by Gasteiger charge is -2.15. The summed E-state index contributed by atoms with van der Waals surface area (Å²) in [5.41, 5.74) is 0. The van der Waals surface area contributed by atoms with Gasteiger partial charge in [-0.3, -0.25) is 0 Å². The van der Waals surface area contributed by atoms with Gasteiger partial charge in [-0.15, -0.1) is 0 Å². The lowest BCUT2D eigenvalue weighted by Crippen LogP contribution is -2.32. The van der Waals surface area contributed by atoms with Crippen molar-refractivity contribution in [3.05, 3.63) is 0 Å². The molecule has 0 spiro atoms. The lowest BCUT2D eigenvalue weighted by atomic mass is 10.0. The van der Waals surface area contributed by atoms with Crippen LogP contribution < -0.4 is 10.6 Å². The molecule has 2 N–H and O–H groups in total. The van der Waals surface area contributed by atoms with E-state index < -0.39 is 0 Å². The molecule has 0 bridgehead atoms. The zero-order chi connectivity index (χ0) is 6.81. The molecule has 2 aliphatic rings. The van der Waals surface area contributed by atoms with Crippen molar-refractivity contribution in [2.45, 2.75) is 25.3 Å². The van der Waals surface area contributed by atoms with E-state index >= 15 is 0 Å². The summed E-state index contributed by atoms with van der Waals surface area (Å²) >= 11 is 0. The Morgan fingerprint density at radius 2 is 2.10 bits per heavy atom. The number of rotatable bonds is 0. The molecular weight excluding hydrogens is 124 g/mol. The molecule has 0 radical (unpaired) electrons. The van der Waals surface area contributed by atoms with Crippen LogP contribution >= 0.6 is 0 Å². The monoisotopic (exact) mass is 140 g/mol. The van der Waals surface area contributed by atoms with Gasteiger partial charge in [-0.05, 0) is 25.3 Å². The molecule has 1 aliphatic carbocycles. The van der Waals surface area contributed by atoms with E-state index in [-0.39, 0.29) is 0 Å². The minimum Gasteiger partial charge on any atom is -0.315 e. The third-order valence-electron chi connectivity index (χ3n) is 2.77. The summed E-state index contributed by atoms with van der Waals surface area (Å²) in [7, 11) is 0. The summed E-state index contributed by atoms with van der Waals surface area (Å²) in [6.07, 6.45) is 4.28. The Morgan fingerprint density at radius 3 is 3.10 bits per heavy atom. The first-order chi connectivity index (χ1) is 4.97. The zero-order valence-corrected chi connectivity index (χ0v) is 6.40. The summed E-state index contributed by atoms with van der Waals surface area (Å²) < 4.78 is 0. The van der Waals surface area contributed by atoms with Gasteiger partial charge in [0.1, 0.15) is 0 Å². The minimum absolute atomic E-state index is 0.843. The summed E-state index contributed by atoms with van der Waals surface area (Å²) in [6, 6.07) is 0.843. The summed E-state index contributed by atoms with van der Waals surface area (Å²) in [4.78, 5) is 0. The molecule has 2 fully saturated rings. The van der Waals surface area contributed by atoms with E-state index in [4.69, 9.17) is 0 Å². The van der Waals surface area contributed by atoms with Crippen molar-refractivity contribution in [2.24, 2.45) is 5.92 Å². The van der Waals surface area contributed by atoms with E-state index in [1.54, 1.807) is 0 Å². The number of fused-ring (bicyclic) bond motifs is 1. The zero-order valence-electron chi connectivity index (χ0n) is 6.40. The number of nitrogens with one attached hydrogen (secondary N) is 2. The molecule has 0 aromatic carbocycles. The van der Waals surface area contributed by atoms with E-state index in [2.05, 4.69) is 10.6 Å². The normalized spacial score (nSPS) is 40.8. The van der Waals surface area contributed by atoms with Crippen LogP contribution in [0, 0.1) is 5.92 Å². The van der Waals surface area contributed by atoms with Crippen LogP contribution in [0.4, 0.5) is 0 Å². The lowest BCUT2D eigenvalue weighted by molar-refractivity contribution is 0.431. The van der Waals surface area contributed by atoms with E-state index in [0.717, 1.165) is 18.5 Å². The molecule has 0 aromatic rings. The fraction of sp³-hybridized carbons (Fsp3) is 1.00. The van der Waals surface area contributed by atoms with E-state index in [9.17, 15) is 0 Å². The molecule has 1 saturated heterocycles. The van der Waals surface area contributed by atoms with Crippen molar-refractivity contribution in [2.75, 3.05) is 19.6 Å². The Hall–Kier alpha value is -0.0800. The van der Waals surface area contributed by atoms with Gasteiger partial charge in [-0.2, -0.15) is 0 Å². The Kier molecular flexibility index (Phi) is 1.91. The van der Waals surface area contributed by atoms with E-state index in [1.807, 2.05) is 0 Å². The number of hydrogen-bond donors (Lipinski definition) is 2. The quantitative estimate of drug-likeness (QED) is 0.507. The molecule has 2 heteroatoms. The molecule has 2 atom stereocenters. The van der Waals surface area contributed by atoms with Gasteiger partial charge >= 0.3 is 0 Å². The average Bonchev–Trinajstić information content (AvgIpc) is 2.28. The maximum Gasteiger partial charge on any atom is 0.0108 e. The van der Waals surface area contributed by atoms with Crippen LogP contribution in [0.1, 0.15) is 19.3 Å². The fourth-order valence-electron chi connectivity index (χ4n) is 2.18. The van der Waals surface area contributed by atoms with Gasteiger partial charge in [0.15, 0.2) is 0 Å². The summed E-state index contributed by atoms with van der Waals surface area (Å²) in [5.74, 6) is 0.933. The second kappa shape index (κ2) is 2.89. The van der Waals surface area contributed by atoms with Crippen LogP contribution in [0.3, 0.4) is 0 Å². The molecule has 2 nitrogen and oxygen atoms in total. The Bertz CT molecular complexity index is 102. The first-order valence-electron chi connectivity index (χ1n) is 4.41. The molecule has 0 aromatic heterocycles. The topological polar surface area (TPSA) is 24.1 Å². The van der Waals surface area contributed by atoms with Gasteiger partial charge < -0.3 is 10.6 Å². The van der Waals surface area contributed by atoms with Crippen LogP contribution in [0.25, 0.3) is 0 Å². The Labute approximate surface area is 62.4 Å². The largest absolute Gasteiger partial charge is 0.315 e. The predicted molar refractivity (Wildman–Crippen MR) is 42.0 cm³/mol. The maximum atomic E-state index is 3.58. The highest BCUT2D eigenvalue weighted by Gasteiger charge is 2.27. The number of hydrogen-bond acceptors (Lipinski definition) is 2. The van der Waals surface area contributed by atoms with Gasteiger partial charge in [-0.25, -0.2) is 0 Å². The van der Waals surface area contributed by atoms with Crippen molar-refractivity contribution in [3.8, 4) is 0 Å². The van der Waals surface area contributed by atoms with E-state index in [1.165, 1.54) is 32.4 Å². The molecule has 0 amide bonds. The second-order valence-electron chi connectivity index (χ2n) is 3.46. The Balaban J connectivity index is 1.95. The molecule has 58 valence electrons. The first-order valence-corrected chi connectivity index (χ1v) is 4.41. The summed E-state index contributed by atoms with van der Waals surface area (Å²) in [6.45, 7) is 3.58. The van der Waals surface area contributed by atoms with Crippen molar-refractivity contribution in [1.82, 2.24) is 10.6 Å². The third-order valence-corrected chi connectivity index (χ3v) is 2.77. The average molecular weight is 140 g/mol. The predicted octanol–water partition coefficient (Wildman–Crippen LogP) is 0.348. The van der Waals surface area contributed by atoms with Gasteiger partial charge in [0.05, 0.1) is 0 Å². The molecular formula is C8H16N2. The van der Waals surface area contributed by atoms with E-state index in [0.29, 0.717) is 0 Å². The van der Waals surface area contributed by atoms with Gasteiger partial charge in [0, 0.05) is 19.1 Å². The van der Waals surface area contributed by atoms with Gasteiger partial charge in [0.25, 0.3) is 0 Å². The van der Waals surface area contributed by atoms with Gasteiger partial charge in [-0.1, -0.05) is 6.42 Å². The van der Waals surface area contributed by atoms with Crippen LogP contribution in [0.2, 0.25) is 0 Å². The molecule has 10 heavy (non-hydrogen) atoms. The molecule has 2 unspecified atom stereocenters. The fourth-order valence-corrected chi connectivity index (χ4v) is 2.18. The SMILES string of the molecule is C1CC2CNCCNC2C1.